The van der Waals surface area contributed by atoms with Gasteiger partial charge in [-0.15, -0.1) is 29.9 Å². The van der Waals surface area contributed by atoms with Crippen LogP contribution in [-0.2, 0) is 6.54 Å². The maximum Gasteiger partial charge on any atom is 0.143 e. The fourth-order valence-electron chi connectivity index (χ4n) is 3.72. The monoisotopic (exact) mass is 470 g/mol. The van der Waals surface area contributed by atoms with Gasteiger partial charge in [0, 0.05) is 29.2 Å². The summed E-state index contributed by atoms with van der Waals surface area (Å²) in [4.78, 5) is 0. The molecule has 0 amide bonds. The van der Waals surface area contributed by atoms with Gasteiger partial charge in [-0.05, 0) is 65.7 Å². The standard InChI is InChI=1S/C20H23ClN6O.2ClH/c1-28-19-8-7-17(27-13-24-25-26-27)11-15(19)12-23-18-6-3-9-22-20(18)14-4-2-5-16(21)10-14;;/h2,4-5,7-8,10-11,13,18,20,22-23H,3,6,9,12H2,1H3;2*1H. The Balaban J connectivity index is 0.00000160. The van der Waals surface area contributed by atoms with E-state index in [0.29, 0.717) is 12.6 Å². The van der Waals surface area contributed by atoms with E-state index in [1.54, 1.807) is 18.1 Å². The number of hydrogen-bond acceptors (Lipinski definition) is 6. The van der Waals surface area contributed by atoms with Crippen LogP contribution in [0.3, 0.4) is 0 Å². The van der Waals surface area contributed by atoms with Gasteiger partial charge in [0.1, 0.15) is 12.1 Å². The molecular weight excluding hydrogens is 447 g/mol. The highest BCUT2D eigenvalue weighted by atomic mass is 35.5. The quantitative estimate of drug-likeness (QED) is 0.570. The normalized spacial score (nSPS) is 18.2. The van der Waals surface area contributed by atoms with Crippen molar-refractivity contribution in [1.82, 2.24) is 30.8 Å². The number of piperidine rings is 1. The number of methoxy groups -OCH3 is 1. The molecule has 1 fully saturated rings. The number of hydrogen-bond donors (Lipinski definition) is 2. The molecule has 0 saturated carbocycles. The second kappa shape index (κ2) is 11.5. The van der Waals surface area contributed by atoms with Crippen LogP contribution in [0.4, 0.5) is 0 Å². The van der Waals surface area contributed by atoms with Gasteiger partial charge in [0.15, 0.2) is 0 Å². The smallest absolute Gasteiger partial charge is 0.143 e. The molecule has 2 N–H and O–H groups in total. The number of ether oxygens (including phenoxy) is 1. The summed E-state index contributed by atoms with van der Waals surface area (Å²) in [6.07, 6.45) is 3.81. The third kappa shape index (κ3) is 5.62. The Morgan fingerprint density at radius 3 is 2.83 bits per heavy atom. The van der Waals surface area contributed by atoms with Crippen molar-refractivity contribution in [3.05, 3.63) is 64.9 Å². The molecule has 162 valence electrons. The molecule has 1 aromatic heterocycles. The average molecular weight is 472 g/mol. The first-order chi connectivity index (χ1) is 13.7. The third-order valence-corrected chi connectivity index (χ3v) is 5.33. The van der Waals surface area contributed by atoms with E-state index >= 15 is 0 Å². The lowest BCUT2D eigenvalue weighted by atomic mass is 9.92. The van der Waals surface area contributed by atoms with Crippen LogP contribution in [0.2, 0.25) is 5.02 Å². The molecule has 30 heavy (non-hydrogen) atoms. The molecule has 0 aliphatic carbocycles. The summed E-state index contributed by atoms with van der Waals surface area (Å²) in [6.45, 7) is 1.69. The summed E-state index contributed by atoms with van der Waals surface area (Å²) >= 11 is 6.21. The number of benzene rings is 2. The Kier molecular flexibility index (Phi) is 9.33. The summed E-state index contributed by atoms with van der Waals surface area (Å²) < 4.78 is 7.19. The van der Waals surface area contributed by atoms with Crippen molar-refractivity contribution in [2.24, 2.45) is 0 Å². The minimum atomic E-state index is 0. The first-order valence-corrected chi connectivity index (χ1v) is 9.75. The van der Waals surface area contributed by atoms with Gasteiger partial charge < -0.3 is 15.4 Å². The van der Waals surface area contributed by atoms with Crippen molar-refractivity contribution in [2.45, 2.75) is 31.5 Å². The number of rotatable bonds is 6. The van der Waals surface area contributed by atoms with Crippen molar-refractivity contribution in [2.75, 3.05) is 13.7 Å². The van der Waals surface area contributed by atoms with Gasteiger partial charge in [0.25, 0.3) is 0 Å². The summed E-state index contributed by atoms with van der Waals surface area (Å²) in [5.41, 5.74) is 3.17. The van der Waals surface area contributed by atoms with Crippen LogP contribution < -0.4 is 15.4 Å². The number of halogens is 3. The molecular formula is C20H25Cl3N6O. The van der Waals surface area contributed by atoms with Crippen LogP contribution in [0.15, 0.2) is 48.8 Å². The Labute approximate surface area is 193 Å². The zero-order valence-corrected chi connectivity index (χ0v) is 18.9. The third-order valence-electron chi connectivity index (χ3n) is 5.10. The lowest BCUT2D eigenvalue weighted by molar-refractivity contribution is 0.303. The Hall–Kier alpha value is -1.90. The zero-order chi connectivity index (χ0) is 19.3. The molecule has 1 aliphatic heterocycles. The van der Waals surface area contributed by atoms with E-state index in [2.05, 4.69) is 32.2 Å². The van der Waals surface area contributed by atoms with Crippen molar-refractivity contribution in [1.29, 1.82) is 0 Å². The van der Waals surface area contributed by atoms with E-state index in [-0.39, 0.29) is 30.9 Å². The Morgan fingerprint density at radius 2 is 2.10 bits per heavy atom. The molecule has 1 aliphatic rings. The highest BCUT2D eigenvalue weighted by Gasteiger charge is 2.26. The summed E-state index contributed by atoms with van der Waals surface area (Å²) in [5, 5.41) is 19.5. The second-order valence-electron chi connectivity index (χ2n) is 6.87. The Bertz CT molecular complexity index is 925. The van der Waals surface area contributed by atoms with E-state index in [9.17, 15) is 0 Å². The van der Waals surface area contributed by atoms with Crippen LogP contribution in [0.25, 0.3) is 5.69 Å². The van der Waals surface area contributed by atoms with E-state index in [1.807, 2.05) is 36.4 Å². The van der Waals surface area contributed by atoms with Gasteiger partial charge in [0.05, 0.1) is 12.8 Å². The molecule has 4 rings (SSSR count). The van der Waals surface area contributed by atoms with Crippen LogP contribution in [0.5, 0.6) is 5.75 Å². The van der Waals surface area contributed by atoms with Gasteiger partial charge in [-0.1, -0.05) is 23.7 Å². The fourth-order valence-corrected chi connectivity index (χ4v) is 3.92. The number of tetrazole rings is 1. The van der Waals surface area contributed by atoms with Crippen molar-refractivity contribution in [3.8, 4) is 11.4 Å². The summed E-state index contributed by atoms with van der Waals surface area (Å²) in [5.74, 6) is 0.840. The minimum absolute atomic E-state index is 0. The van der Waals surface area contributed by atoms with Gasteiger partial charge in [0.2, 0.25) is 0 Å². The van der Waals surface area contributed by atoms with Gasteiger partial charge in [-0.3, -0.25) is 0 Å². The SMILES string of the molecule is COc1ccc(-n2cnnn2)cc1CNC1CCCNC1c1cccc(Cl)c1.Cl.Cl. The van der Waals surface area contributed by atoms with E-state index in [4.69, 9.17) is 16.3 Å². The molecule has 2 heterocycles. The highest BCUT2D eigenvalue weighted by Crippen LogP contribution is 2.27. The predicted octanol–water partition coefficient (Wildman–Crippen LogP) is 3.75. The molecule has 1 saturated heterocycles. The maximum atomic E-state index is 6.21. The minimum Gasteiger partial charge on any atom is -0.496 e. The lowest BCUT2D eigenvalue weighted by Crippen LogP contribution is -2.45. The summed E-state index contributed by atoms with van der Waals surface area (Å²) in [7, 11) is 1.69. The largest absolute Gasteiger partial charge is 0.496 e. The zero-order valence-electron chi connectivity index (χ0n) is 16.5. The van der Waals surface area contributed by atoms with E-state index in [0.717, 1.165) is 41.4 Å². The molecule has 0 spiro atoms. The van der Waals surface area contributed by atoms with Crippen LogP contribution in [0.1, 0.15) is 30.0 Å². The molecule has 2 aromatic carbocycles. The van der Waals surface area contributed by atoms with E-state index in [1.165, 1.54) is 5.56 Å². The number of nitrogens with one attached hydrogen (secondary N) is 2. The van der Waals surface area contributed by atoms with Gasteiger partial charge in [-0.25, -0.2) is 4.68 Å². The summed E-state index contributed by atoms with van der Waals surface area (Å²) in [6, 6.07) is 14.5. The molecule has 2 unspecified atom stereocenters. The van der Waals surface area contributed by atoms with E-state index < -0.39 is 0 Å². The molecule has 3 aromatic rings. The predicted molar refractivity (Wildman–Crippen MR) is 122 cm³/mol. The Morgan fingerprint density at radius 1 is 1.23 bits per heavy atom. The number of aromatic nitrogens is 4. The fraction of sp³-hybridized carbons (Fsp3) is 0.350. The highest BCUT2D eigenvalue weighted by molar-refractivity contribution is 6.30. The van der Waals surface area contributed by atoms with Gasteiger partial charge in [-0.2, -0.15) is 0 Å². The van der Waals surface area contributed by atoms with Crippen LogP contribution in [-0.4, -0.2) is 39.9 Å². The van der Waals surface area contributed by atoms with Crippen LogP contribution >= 0.6 is 36.4 Å². The topological polar surface area (TPSA) is 76.9 Å². The van der Waals surface area contributed by atoms with Crippen molar-refractivity contribution in [3.63, 3.8) is 0 Å². The van der Waals surface area contributed by atoms with Crippen molar-refractivity contribution >= 4 is 36.4 Å². The molecule has 0 radical (unpaired) electrons. The molecule has 0 bridgehead atoms. The van der Waals surface area contributed by atoms with Crippen molar-refractivity contribution < 1.29 is 4.74 Å². The maximum absolute atomic E-state index is 6.21. The molecule has 10 heteroatoms. The van der Waals surface area contributed by atoms with Crippen LogP contribution in [0, 0.1) is 0 Å². The van der Waals surface area contributed by atoms with Gasteiger partial charge >= 0.3 is 0 Å². The first-order valence-electron chi connectivity index (χ1n) is 9.37. The lowest BCUT2D eigenvalue weighted by Gasteiger charge is -2.34. The second-order valence-corrected chi connectivity index (χ2v) is 7.30. The molecule has 7 nitrogen and oxygen atoms in total. The molecule has 2 atom stereocenters. The first kappa shape index (κ1) is 24.4. The average Bonchev–Trinajstić information content (AvgIpc) is 3.27. The number of nitrogens with zero attached hydrogens (tertiary/aromatic N) is 4.